The van der Waals surface area contributed by atoms with E-state index in [4.69, 9.17) is 9.26 Å². The first-order valence-electron chi connectivity index (χ1n) is 6.72. The van der Waals surface area contributed by atoms with Crippen LogP contribution in [-0.4, -0.2) is 35.1 Å². The third-order valence-corrected chi connectivity index (χ3v) is 3.34. The zero-order valence-corrected chi connectivity index (χ0v) is 12.9. The van der Waals surface area contributed by atoms with Gasteiger partial charge >= 0.3 is 6.18 Å². The monoisotopic (exact) mass is 343 g/mol. The molecule has 0 N–H and O–H groups in total. The van der Waals surface area contributed by atoms with Crippen LogP contribution in [-0.2, 0) is 19.8 Å². The van der Waals surface area contributed by atoms with Gasteiger partial charge in [-0.15, -0.1) is 5.10 Å². The van der Waals surface area contributed by atoms with Gasteiger partial charge in [0, 0.05) is 18.7 Å². The molecule has 3 aromatic rings. The summed E-state index contributed by atoms with van der Waals surface area (Å²) < 4.78 is 50.7. The highest BCUT2D eigenvalue weighted by Crippen LogP contribution is 2.30. The molecule has 0 fully saturated rings. The zero-order valence-electron chi connectivity index (χ0n) is 12.9. The van der Waals surface area contributed by atoms with Crippen molar-refractivity contribution in [3.8, 4) is 11.8 Å². The summed E-state index contributed by atoms with van der Waals surface area (Å²) in [5.74, 6) is 0.489. The van der Waals surface area contributed by atoms with Gasteiger partial charge in [-0.3, -0.25) is 0 Å². The van der Waals surface area contributed by atoms with Crippen molar-refractivity contribution in [2.24, 2.45) is 7.05 Å². The van der Waals surface area contributed by atoms with Gasteiger partial charge in [0.1, 0.15) is 0 Å². The molecule has 128 valence electrons. The predicted molar refractivity (Wildman–Crippen MR) is 71.2 cm³/mol. The number of halogens is 3. The second kappa shape index (κ2) is 5.62. The number of hydrogen-bond acceptors (Lipinski definition) is 7. The molecule has 3 aromatic heterocycles. The van der Waals surface area contributed by atoms with Gasteiger partial charge < -0.3 is 9.26 Å². The summed E-state index contributed by atoms with van der Waals surface area (Å²) in [6.07, 6.45) is -4.55. The summed E-state index contributed by atoms with van der Waals surface area (Å²) in [5.41, 5.74) is 0.374. The van der Waals surface area contributed by atoms with Crippen molar-refractivity contribution < 1.29 is 22.4 Å². The fraction of sp³-hybridized carbons (Fsp3) is 0.417. The third kappa shape index (κ3) is 2.81. The number of hydrogen-bond donors (Lipinski definition) is 0. The average molecular weight is 343 g/mol. The quantitative estimate of drug-likeness (QED) is 0.710. The van der Waals surface area contributed by atoms with E-state index in [-0.39, 0.29) is 18.3 Å². The van der Waals surface area contributed by atoms with E-state index in [0.717, 1.165) is 16.3 Å². The van der Waals surface area contributed by atoms with E-state index in [2.05, 4.69) is 25.8 Å². The van der Waals surface area contributed by atoms with E-state index in [9.17, 15) is 13.2 Å². The van der Waals surface area contributed by atoms with Crippen molar-refractivity contribution in [2.45, 2.75) is 26.6 Å². The van der Waals surface area contributed by atoms with Crippen molar-refractivity contribution in [3.63, 3.8) is 0 Å². The largest absolute Gasteiger partial charge is 0.470 e. The van der Waals surface area contributed by atoms with Gasteiger partial charge in [0.05, 0.1) is 5.69 Å². The molecule has 0 amide bonds. The summed E-state index contributed by atoms with van der Waals surface area (Å²) in [4.78, 5) is 0. The number of ether oxygens (including phenoxy) is 1. The molecular weight excluding hydrogens is 331 g/mol. The Bertz CT molecular complexity index is 865. The van der Waals surface area contributed by atoms with Gasteiger partial charge in [-0.1, -0.05) is 5.16 Å². The Morgan fingerprint density at radius 2 is 2.04 bits per heavy atom. The maximum atomic E-state index is 12.6. The molecule has 0 radical (unpaired) electrons. The number of alkyl halides is 3. The smallest absolute Gasteiger partial charge is 0.435 e. The summed E-state index contributed by atoms with van der Waals surface area (Å²) in [5, 5.41) is 18.2. The van der Waals surface area contributed by atoms with Gasteiger partial charge in [-0.2, -0.15) is 23.0 Å². The minimum absolute atomic E-state index is 0.0673. The Balaban J connectivity index is 1.81. The molecule has 0 unspecified atom stereocenters. The fourth-order valence-corrected chi connectivity index (χ4v) is 1.92. The lowest BCUT2D eigenvalue weighted by Gasteiger charge is -2.05. The highest BCUT2D eigenvalue weighted by Gasteiger charge is 2.35. The Hall–Kier alpha value is -2.92. The maximum Gasteiger partial charge on any atom is 0.435 e. The van der Waals surface area contributed by atoms with E-state index in [1.165, 1.54) is 11.7 Å². The zero-order chi connectivity index (χ0) is 17.5. The Morgan fingerprint density at radius 3 is 2.62 bits per heavy atom. The topological polar surface area (TPSA) is 96.7 Å². The van der Waals surface area contributed by atoms with E-state index in [1.807, 2.05) is 0 Å². The van der Waals surface area contributed by atoms with Crippen LogP contribution in [0.25, 0.3) is 5.88 Å². The fourth-order valence-electron chi connectivity index (χ4n) is 1.92. The molecule has 0 spiro atoms. The minimum atomic E-state index is -4.55. The number of aryl methyl sites for hydroxylation is 2. The lowest BCUT2D eigenvalue weighted by molar-refractivity contribution is -0.141. The summed E-state index contributed by atoms with van der Waals surface area (Å²) in [7, 11) is 1.34. The highest BCUT2D eigenvalue weighted by atomic mass is 19.4. The lowest BCUT2D eigenvalue weighted by Crippen LogP contribution is -2.09. The highest BCUT2D eigenvalue weighted by molar-refractivity contribution is 5.31. The standard InChI is InChI=1S/C12H12F3N7O2/c1-6-7(2)18-24-11(6)22-9(16-19-20-22)5-23-10-4-8(12(13,14)15)17-21(10)3/h4H,5H2,1-3H3. The van der Waals surface area contributed by atoms with Crippen molar-refractivity contribution in [2.75, 3.05) is 0 Å². The van der Waals surface area contributed by atoms with Crippen molar-refractivity contribution in [3.05, 3.63) is 28.8 Å². The van der Waals surface area contributed by atoms with Crippen LogP contribution in [0.15, 0.2) is 10.6 Å². The minimum Gasteiger partial charge on any atom is -0.470 e. The van der Waals surface area contributed by atoms with Crippen LogP contribution in [0.3, 0.4) is 0 Å². The maximum absolute atomic E-state index is 12.6. The van der Waals surface area contributed by atoms with Crippen LogP contribution in [0.5, 0.6) is 5.88 Å². The first kappa shape index (κ1) is 16.0. The SMILES string of the molecule is Cc1noc(-n2nnnc2COc2cc(C(F)(F)F)nn2C)c1C. The molecule has 12 heteroatoms. The third-order valence-electron chi connectivity index (χ3n) is 3.34. The second-order valence-corrected chi connectivity index (χ2v) is 4.98. The van der Waals surface area contributed by atoms with Gasteiger partial charge in [0.15, 0.2) is 18.1 Å². The van der Waals surface area contributed by atoms with Gasteiger partial charge in [0.2, 0.25) is 5.88 Å². The molecule has 0 atom stereocenters. The molecule has 0 aliphatic heterocycles. The van der Waals surface area contributed by atoms with Crippen LogP contribution >= 0.6 is 0 Å². The Labute approximate surface area is 133 Å². The molecule has 3 rings (SSSR count). The Kier molecular flexibility index (Phi) is 3.73. The Morgan fingerprint density at radius 1 is 1.29 bits per heavy atom. The van der Waals surface area contributed by atoms with Gasteiger partial charge in [-0.05, 0) is 24.3 Å². The molecule has 0 aliphatic carbocycles. The second-order valence-electron chi connectivity index (χ2n) is 4.98. The van der Waals surface area contributed by atoms with Crippen molar-refractivity contribution in [1.29, 1.82) is 0 Å². The normalized spacial score (nSPS) is 11.9. The van der Waals surface area contributed by atoms with Crippen LogP contribution in [0.2, 0.25) is 0 Å². The van der Waals surface area contributed by atoms with E-state index < -0.39 is 11.9 Å². The molecular formula is C12H12F3N7O2. The molecule has 0 saturated carbocycles. The van der Waals surface area contributed by atoms with Gasteiger partial charge in [0.25, 0.3) is 5.88 Å². The summed E-state index contributed by atoms with van der Waals surface area (Å²) in [6.45, 7) is 3.37. The van der Waals surface area contributed by atoms with E-state index in [1.54, 1.807) is 13.8 Å². The van der Waals surface area contributed by atoms with Crippen LogP contribution in [0.4, 0.5) is 13.2 Å². The number of rotatable bonds is 4. The molecule has 24 heavy (non-hydrogen) atoms. The molecule has 0 saturated heterocycles. The van der Waals surface area contributed by atoms with Crippen LogP contribution in [0.1, 0.15) is 22.8 Å². The number of tetrazole rings is 1. The molecule has 9 nitrogen and oxygen atoms in total. The van der Waals surface area contributed by atoms with E-state index >= 15 is 0 Å². The predicted octanol–water partition coefficient (Wildman–Crippen LogP) is 1.60. The lowest BCUT2D eigenvalue weighted by atomic mass is 10.3. The van der Waals surface area contributed by atoms with E-state index in [0.29, 0.717) is 11.6 Å². The number of aromatic nitrogens is 7. The van der Waals surface area contributed by atoms with Crippen LogP contribution in [0, 0.1) is 13.8 Å². The van der Waals surface area contributed by atoms with Gasteiger partial charge in [-0.25, -0.2) is 4.68 Å². The molecule has 0 aromatic carbocycles. The first-order valence-corrected chi connectivity index (χ1v) is 6.72. The summed E-state index contributed by atoms with van der Waals surface area (Å²) >= 11 is 0. The summed E-state index contributed by atoms with van der Waals surface area (Å²) in [6, 6.07) is 0.804. The average Bonchev–Trinajstić information content (AvgIpc) is 3.18. The first-order chi connectivity index (χ1) is 11.3. The molecule has 0 bridgehead atoms. The molecule has 3 heterocycles. The van der Waals surface area contributed by atoms with Crippen molar-refractivity contribution >= 4 is 0 Å². The van der Waals surface area contributed by atoms with Crippen molar-refractivity contribution in [1.82, 2.24) is 35.1 Å². The molecule has 0 aliphatic rings. The van der Waals surface area contributed by atoms with Crippen LogP contribution < -0.4 is 4.74 Å². The number of nitrogens with zero attached hydrogens (tertiary/aromatic N) is 7.